The molecule has 3 fully saturated rings. The Morgan fingerprint density at radius 1 is 1.20 bits per heavy atom. The van der Waals surface area contributed by atoms with E-state index in [2.05, 4.69) is 28.5 Å². The summed E-state index contributed by atoms with van der Waals surface area (Å²) in [4.78, 5) is 30.4. The molecule has 12 heteroatoms. The highest BCUT2D eigenvalue weighted by Crippen LogP contribution is 2.39. The molecule has 0 saturated carbocycles. The number of phenolic OH excluding ortho intramolecular Hbond substituents is 1. The van der Waals surface area contributed by atoms with Crippen LogP contribution >= 0.6 is 0 Å². The van der Waals surface area contributed by atoms with Crippen LogP contribution in [0.1, 0.15) is 24.1 Å². The highest BCUT2D eigenvalue weighted by atomic mass is 16.6. The Morgan fingerprint density at radius 2 is 2.07 bits per heavy atom. The molecule has 7 rings (SSSR count). The van der Waals surface area contributed by atoms with Crippen molar-refractivity contribution in [3.8, 4) is 17.8 Å². The van der Waals surface area contributed by atoms with Crippen LogP contribution < -0.4 is 14.5 Å². The average Bonchev–Trinajstić information content (AvgIpc) is 3.06. The fourth-order valence-corrected chi connectivity index (χ4v) is 6.99. The van der Waals surface area contributed by atoms with Gasteiger partial charge < -0.3 is 34.4 Å². The van der Waals surface area contributed by atoms with Gasteiger partial charge in [0.15, 0.2) is 5.72 Å². The molecule has 5 heterocycles. The van der Waals surface area contributed by atoms with E-state index >= 15 is 0 Å². The third-order valence-corrected chi connectivity index (χ3v) is 9.50. The molecule has 1 amide bonds. The molecule has 0 spiro atoms. The number of anilines is 2. The van der Waals surface area contributed by atoms with E-state index in [0.717, 1.165) is 40.1 Å². The van der Waals surface area contributed by atoms with E-state index in [4.69, 9.17) is 19.4 Å². The van der Waals surface area contributed by atoms with Crippen molar-refractivity contribution in [2.24, 2.45) is 0 Å². The van der Waals surface area contributed by atoms with Gasteiger partial charge in [-0.15, -0.1) is 0 Å². The lowest BCUT2D eigenvalue weighted by molar-refractivity contribution is -0.373. The molecule has 4 aliphatic heterocycles. The molecule has 234 valence electrons. The van der Waals surface area contributed by atoms with Crippen LogP contribution in [0.3, 0.4) is 0 Å². The number of carbonyl (C=O) groups is 1. The van der Waals surface area contributed by atoms with E-state index in [0.29, 0.717) is 65.3 Å². The molecule has 3 aromatic rings. The highest BCUT2D eigenvalue weighted by Gasteiger charge is 2.60. The first-order valence-corrected chi connectivity index (χ1v) is 15.5. The minimum Gasteiger partial charge on any atom is -0.508 e. The fourth-order valence-electron chi connectivity index (χ4n) is 6.99. The molecule has 0 bridgehead atoms. The van der Waals surface area contributed by atoms with Crippen molar-refractivity contribution in [2.75, 3.05) is 62.3 Å². The van der Waals surface area contributed by atoms with Crippen molar-refractivity contribution in [3.63, 3.8) is 0 Å². The number of piperazine rings is 1. The summed E-state index contributed by atoms with van der Waals surface area (Å²) in [6.07, 6.45) is 2.80. The second kappa shape index (κ2) is 11.8. The maximum atomic E-state index is 12.5. The lowest BCUT2D eigenvalue weighted by atomic mass is 9.89. The fraction of sp³-hybridized carbons (Fsp3) is 0.455. The number of hydrogen-bond acceptors (Lipinski definition) is 11. The Bertz CT molecular complexity index is 1680. The van der Waals surface area contributed by atoms with Crippen molar-refractivity contribution < 1.29 is 24.5 Å². The topological polar surface area (TPSA) is 139 Å². The molecule has 45 heavy (non-hydrogen) atoms. The standard InChI is InChI=1S/C33H37N7O5/c1-2-30(42)40-14-13-38(18-23(40)8-10-34)31-26-9-12-37(28-17-24(41)16-22-6-3-4-7-25(22)28)19-27(26)35-32(36-31)44-15-5-11-39-20-29-33(39,43)21-45-29/h2-4,6-7,16-17,23,29,41,43H,1,5,8-9,11-15,18-21H2/t23?,29?,33-/m0/s1. The van der Waals surface area contributed by atoms with Gasteiger partial charge in [0.05, 0.1) is 44.0 Å². The van der Waals surface area contributed by atoms with Crippen LogP contribution in [0.25, 0.3) is 10.8 Å². The SMILES string of the molecule is C=CC(=O)N1CCN(c2nc(OCCCN3CC4OC[C@]43O)nc3c2CCN(c2cc(O)cc4ccccc24)C3)CC1CC#N. The summed E-state index contributed by atoms with van der Waals surface area (Å²) < 4.78 is 11.5. The van der Waals surface area contributed by atoms with E-state index in [1.807, 2.05) is 23.1 Å². The summed E-state index contributed by atoms with van der Waals surface area (Å²) in [5, 5.41) is 32.6. The lowest BCUT2D eigenvalue weighted by Gasteiger charge is -2.61. The molecule has 3 atom stereocenters. The first-order valence-electron chi connectivity index (χ1n) is 15.5. The molecular weight excluding hydrogens is 574 g/mol. The molecule has 1 aromatic heterocycles. The zero-order chi connectivity index (χ0) is 31.1. The minimum absolute atomic E-state index is 0.0800. The highest BCUT2D eigenvalue weighted by molar-refractivity contribution is 5.95. The number of carbonyl (C=O) groups excluding carboxylic acids is 1. The van der Waals surface area contributed by atoms with Gasteiger partial charge in [-0.1, -0.05) is 30.8 Å². The smallest absolute Gasteiger partial charge is 0.318 e. The Kier molecular flexibility index (Phi) is 7.69. The van der Waals surface area contributed by atoms with Crippen LogP contribution in [0, 0.1) is 11.3 Å². The van der Waals surface area contributed by atoms with Crippen LogP contribution in [-0.4, -0.2) is 106 Å². The maximum absolute atomic E-state index is 12.5. The van der Waals surface area contributed by atoms with Crippen molar-refractivity contribution in [2.45, 2.75) is 43.7 Å². The number of hydrogen-bond donors (Lipinski definition) is 2. The zero-order valence-corrected chi connectivity index (χ0v) is 25.1. The van der Waals surface area contributed by atoms with Gasteiger partial charge in [-0.3, -0.25) is 9.69 Å². The van der Waals surface area contributed by atoms with E-state index in [1.165, 1.54) is 6.08 Å². The van der Waals surface area contributed by atoms with Gasteiger partial charge in [-0.2, -0.15) is 15.2 Å². The molecular formula is C33H37N7O5. The number of morpholine rings is 1. The Labute approximate surface area is 261 Å². The van der Waals surface area contributed by atoms with Crippen LogP contribution in [0.5, 0.6) is 11.8 Å². The summed E-state index contributed by atoms with van der Waals surface area (Å²) in [6, 6.07) is 13.8. The average molecular weight is 612 g/mol. The van der Waals surface area contributed by atoms with Crippen LogP contribution in [0.15, 0.2) is 49.1 Å². The van der Waals surface area contributed by atoms with Gasteiger partial charge in [0, 0.05) is 62.0 Å². The normalized spacial score (nSPS) is 24.2. The van der Waals surface area contributed by atoms with E-state index in [9.17, 15) is 20.3 Å². The first-order chi connectivity index (χ1) is 21.9. The largest absolute Gasteiger partial charge is 0.508 e. The predicted octanol–water partition coefficient (Wildman–Crippen LogP) is 2.19. The second-order valence-electron chi connectivity index (χ2n) is 12.1. The Balaban J connectivity index is 1.15. The van der Waals surface area contributed by atoms with Crippen molar-refractivity contribution in [1.82, 2.24) is 19.8 Å². The number of nitrogens with zero attached hydrogens (tertiary/aromatic N) is 7. The molecule has 2 aromatic carbocycles. The van der Waals surface area contributed by atoms with Crippen molar-refractivity contribution in [3.05, 3.63) is 60.3 Å². The number of ether oxygens (including phenoxy) is 2. The lowest BCUT2D eigenvalue weighted by Crippen LogP contribution is -2.80. The Hall–Kier alpha value is -4.44. The number of nitriles is 1. The van der Waals surface area contributed by atoms with Gasteiger partial charge in [0.25, 0.3) is 0 Å². The van der Waals surface area contributed by atoms with Gasteiger partial charge in [0.2, 0.25) is 5.91 Å². The number of benzene rings is 2. The summed E-state index contributed by atoms with van der Waals surface area (Å²) in [5.41, 5.74) is 1.99. The molecule has 4 aliphatic rings. The summed E-state index contributed by atoms with van der Waals surface area (Å²) in [6.45, 7) is 8.46. The van der Waals surface area contributed by atoms with Gasteiger partial charge >= 0.3 is 6.01 Å². The van der Waals surface area contributed by atoms with Crippen LogP contribution in [0.4, 0.5) is 11.5 Å². The first kappa shape index (κ1) is 29.3. The number of aromatic nitrogens is 2. The zero-order valence-electron chi connectivity index (χ0n) is 25.1. The third kappa shape index (κ3) is 5.31. The summed E-state index contributed by atoms with van der Waals surface area (Å²) >= 11 is 0. The Morgan fingerprint density at radius 3 is 2.82 bits per heavy atom. The molecule has 3 saturated heterocycles. The van der Waals surface area contributed by atoms with Gasteiger partial charge in [-0.25, -0.2) is 0 Å². The maximum Gasteiger partial charge on any atom is 0.318 e. The van der Waals surface area contributed by atoms with E-state index < -0.39 is 5.72 Å². The van der Waals surface area contributed by atoms with Crippen molar-refractivity contribution >= 4 is 28.2 Å². The number of amides is 1. The monoisotopic (exact) mass is 611 g/mol. The van der Waals surface area contributed by atoms with Crippen molar-refractivity contribution in [1.29, 1.82) is 5.26 Å². The summed E-state index contributed by atoms with van der Waals surface area (Å²) in [5.74, 6) is 0.809. The number of aromatic hydroxyl groups is 1. The quantitative estimate of drug-likeness (QED) is 0.272. The molecule has 12 nitrogen and oxygen atoms in total. The van der Waals surface area contributed by atoms with Gasteiger partial charge in [-0.05, 0) is 30.4 Å². The summed E-state index contributed by atoms with van der Waals surface area (Å²) in [7, 11) is 0. The van der Waals surface area contributed by atoms with Crippen LogP contribution in [-0.2, 0) is 22.5 Å². The number of aliphatic hydroxyl groups is 1. The molecule has 2 N–H and O–H groups in total. The molecule has 0 aliphatic carbocycles. The minimum atomic E-state index is -0.829. The molecule has 0 radical (unpaired) electrons. The van der Waals surface area contributed by atoms with Gasteiger partial charge in [0.1, 0.15) is 17.7 Å². The third-order valence-electron chi connectivity index (χ3n) is 9.50. The molecule has 2 unspecified atom stereocenters. The number of fused-ring (bicyclic) bond motifs is 3. The predicted molar refractivity (Wildman–Crippen MR) is 167 cm³/mol. The van der Waals surface area contributed by atoms with E-state index in [1.54, 1.807) is 17.0 Å². The van der Waals surface area contributed by atoms with E-state index in [-0.39, 0.29) is 36.2 Å². The second-order valence-corrected chi connectivity index (χ2v) is 12.1. The number of likely N-dealkylation sites (tertiary alicyclic amines) is 1. The van der Waals surface area contributed by atoms with Crippen LogP contribution in [0.2, 0.25) is 0 Å². The number of rotatable bonds is 9. The number of phenols is 1.